The topological polar surface area (TPSA) is 40.5 Å². The molecule has 1 N–H and O–H groups in total. The van der Waals surface area contributed by atoms with Crippen molar-refractivity contribution in [2.45, 2.75) is 20.3 Å². The second-order valence-electron chi connectivity index (χ2n) is 3.24. The first-order chi connectivity index (χ1) is 7.24. The minimum Gasteiger partial charge on any atom is -0.395 e. The van der Waals surface area contributed by atoms with E-state index in [9.17, 15) is 4.79 Å². The maximum atomic E-state index is 12.0. The molecular weight excluding hydrogens is 210 g/mol. The number of likely N-dealkylation sites (N-methyl/N-ethyl adjacent to an activating group) is 1. The molecule has 0 radical (unpaired) electrons. The molecule has 0 spiro atoms. The minimum absolute atomic E-state index is 0.0203. The van der Waals surface area contributed by atoms with E-state index in [4.69, 9.17) is 5.11 Å². The monoisotopic (exact) mass is 227 g/mol. The van der Waals surface area contributed by atoms with Crippen LogP contribution in [0.3, 0.4) is 0 Å². The smallest absolute Gasteiger partial charge is 0.264 e. The van der Waals surface area contributed by atoms with E-state index in [0.29, 0.717) is 13.1 Å². The van der Waals surface area contributed by atoms with E-state index in [1.54, 1.807) is 4.90 Å². The Morgan fingerprint density at radius 1 is 1.53 bits per heavy atom. The van der Waals surface area contributed by atoms with Gasteiger partial charge in [-0.3, -0.25) is 4.79 Å². The van der Waals surface area contributed by atoms with Gasteiger partial charge in [0.2, 0.25) is 0 Å². The molecule has 1 rings (SSSR count). The quantitative estimate of drug-likeness (QED) is 0.832. The lowest BCUT2D eigenvalue weighted by Crippen LogP contribution is -2.33. The fourth-order valence-corrected chi connectivity index (χ4v) is 2.43. The maximum Gasteiger partial charge on any atom is 0.264 e. The molecule has 0 saturated heterocycles. The molecule has 0 aliphatic rings. The van der Waals surface area contributed by atoms with E-state index in [1.165, 1.54) is 11.3 Å². The Bertz CT molecular complexity index is 322. The van der Waals surface area contributed by atoms with Gasteiger partial charge in [0.1, 0.15) is 0 Å². The van der Waals surface area contributed by atoms with Gasteiger partial charge in [-0.25, -0.2) is 0 Å². The fourth-order valence-electron chi connectivity index (χ4n) is 1.47. The Morgan fingerprint density at radius 2 is 2.27 bits per heavy atom. The van der Waals surface area contributed by atoms with Crippen LogP contribution in [0.25, 0.3) is 0 Å². The third-order valence-electron chi connectivity index (χ3n) is 2.36. The number of aryl methyl sites for hydroxylation is 1. The van der Waals surface area contributed by atoms with Crippen LogP contribution >= 0.6 is 11.3 Å². The molecule has 0 saturated carbocycles. The third-order valence-corrected chi connectivity index (χ3v) is 3.31. The second kappa shape index (κ2) is 5.88. The standard InChI is InChI=1S/C11H17NO2S/c1-3-9-5-8-15-10(9)11(14)12(4-2)6-7-13/h5,8,13H,3-4,6-7H2,1-2H3. The zero-order valence-electron chi connectivity index (χ0n) is 9.19. The zero-order valence-corrected chi connectivity index (χ0v) is 10.0. The SMILES string of the molecule is CCc1ccsc1C(=O)N(CC)CCO. The van der Waals surface area contributed by atoms with E-state index < -0.39 is 0 Å². The Balaban J connectivity index is 2.82. The highest BCUT2D eigenvalue weighted by molar-refractivity contribution is 7.12. The number of aliphatic hydroxyl groups is 1. The molecule has 15 heavy (non-hydrogen) atoms. The van der Waals surface area contributed by atoms with Gasteiger partial charge in [0, 0.05) is 13.1 Å². The third kappa shape index (κ3) is 2.79. The highest BCUT2D eigenvalue weighted by atomic mass is 32.1. The van der Waals surface area contributed by atoms with Crippen LogP contribution in [0.1, 0.15) is 29.1 Å². The summed E-state index contributed by atoms with van der Waals surface area (Å²) in [5, 5.41) is 10.8. The van der Waals surface area contributed by atoms with Crippen molar-refractivity contribution in [2.24, 2.45) is 0 Å². The number of rotatable bonds is 5. The fraction of sp³-hybridized carbons (Fsp3) is 0.545. The van der Waals surface area contributed by atoms with Crippen molar-refractivity contribution in [3.63, 3.8) is 0 Å². The van der Waals surface area contributed by atoms with Gasteiger partial charge in [-0.1, -0.05) is 6.92 Å². The Hall–Kier alpha value is -0.870. The van der Waals surface area contributed by atoms with Gasteiger partial charge in [-0.15, -0.1) is 11.3 Å². The molecule has 1 amide bonds. The number of carbonyl (C=O) groups excluding carboxylic acids is 1. The average molecular weight is 227 g/mol. The van der Waals surface area contributed by atoms with Crippen molar-refractivity contribution < 1.29 is 9.90 Å². The van der Waals surface area contributed by atoms with E-state index in [1.807, 2.05) is 25.3 Å². The van der Waals surface area contributed by atoms with E-state index in [0.717, 1.165) is 16.9 Å². The number of nitrogens with zero attached hydrogens (tertiary/aromatic N) is 1. The Labute approximate surface area is 94.3 Å². The minimum atomic E-state index is 0.0203. The van der Waals surface area contributed by atoms with Gasteiger partial charge in [-0.2, -0.15) is 0 Å². The van der Waals surface area contributed by atoms with Crippen LogP contribution in [-0.2, 0) is 6.42 Å². The largest absolute Gasteiger partial charge is 0.395 e. The first-order valence-electron chi connectivity index (χ1n) is 5.21. The normalized spacial score (nSPS) is 10.3. The van der Waals surface area contributed by atoms with Gasteiger partial charge in [0.15, 0.2) is 0 Å². The first-order valence-corrected chi connectivity index (χ1v) is 6.09. The molecular formula is C11H17NO2S. The first kappa shape index (κ1) is 12.2. The molecule has 4 heteroatoms. The van der Waals surface area contributed by atoms with Crippen molar-refractivity contribution in [3.05, 3.63) is 21.9 Å². The summed E-state index contributed by atoms with van der Waals surface area (Å²) in [6.07, 6.45) is 0.876. The molecule has 0 unspecified atom stereocenters. The van der Waals surface area contributed by atoms with Crippen LogP contribution in [0.4, 0.5) is 0 Å². The summed E-state index contributed by atoms with van der Waals surface area (Å²) in [7, 11) is 0. The molecule has 84 valence electrons. The molecule has 0 aromatic carbocycles. The van der Waals surface area contributed by atoms with Gasteiger partial charge in [-0.05, 0) is 30.4 Å². The van der Waals surface area contributed by atoms with Crippen molar-refractivity contribution in [1.82, 2.24) is 4.90 Å². The van der Waals surface area contributed by atoms with Crippen LogP contribution in [0, 0.1) is 0 Å². The second-order valence-corrected chi connectivity index (χ2v) is 4.15. The van der Waals surface area contributed by atoms with E-state index in [2.05, 4.69) is 0 Å². The van der Waals surface area contributed by atoms with E-state index in [-0.39, 0.29) is 12.5 Å². The molecule has 1 heterocycles. The van der Waals surface area contributed by atoms with Crippen molar-refractivity contribution in [3.8, 4) is 0 Å². The zero-order chi connectivity index (χ0) is 11.3. The number of aliphatic hydroxyl groups excluding tert-OH is 1. The van der Waals surface area contributed by atoms with Gasteiger partial charge >= 0.3 is 0 Å². The van der Waals surface area contributed by atoms with Gasteiger partial charge in [0.05, 0.1) is 11.5 Å². The lowest BCUT2D eigenvalue weighted by molar-refractivity contribution is 0.0736. The van der Waals surface area contributed by atoms with Crippen LogP contribution in [0.2, 0.25) is 0 Å². The van der Waals surface area contributed by atoms with E-state index >= 15 is 0 Å². The lowest BCUT2D eigenvalue weighted by Gasteiger charge is -2.19. The lowest BCUT2D eigenvalue weighted by atomic mass is 10.2. The number of carbonyl (C=O) groups is 1. The van der Waals surface area contributed by atoms with Gasteiger partial charge < -0.3 is 10.0 Å². The number of hydrogen-bond donors (Lipinski definition) is 1. The van der Waals surface area contributed by atoms with Crippen LogP contribution in [0.5, 0.6) is 0 Å². The summed E-state index contributed by atoms with van der Waals surface area (Å²) in [6.45, 7) is 5.04. The maximum absolute atomic E-state index is 12.0. The van der Waals surface area contributed by atoms with Crippen molar-refractivity contribution >= 4 is 17.2 Å². The molecule has 3 nitrogen and oxygen atoms in total. The Morgan fingerprint density at radius 3 is 2.80 bits per heavy atom. The van der Waals surface area contributed by atoms with Gasteiger partial charge in [0.25, 0.3) is 5.91 Å². The summed E-state index contributed by atoms with van der Waals surface area (Å²) in [6, 6.07) is 1.99. The van der Waals surface area contributed by atoms with Crippen molar-refractivity contribution in [2.75, 3.05) is 19.7 Å². The predicted octanol–water partition coefficient (Wildman–Crippen LogP) is 1.76. The summed E-state index contributed by atoms with van der Waals surface area (Å²) in [4.78, 5) is 14.5. The van der Waals surface area contributed by atoms with Crippen LogP contribution in [0.15, 0.2) is 11.4 Å². The number of hydrogen-bond acceptors (Lipinski definition) is 3. The predicted molar refractivity (Wildman–Crippen MR) is 62.4 cm³/mol. The molecule has 0 atom stereocenters. The van der Waals surface area contributed by atoms with Crippen LogP contribution < -0.4 is 0 Å². The highest BCUT2D eigenvalue weighted by Crippen LogP contribution is 2.19. The number of amides is 1. The summed E-state index contributed by atoms with van der Waals surface area (Å²) >= 11 is 1.48. The van der Waals surface area contributed by atoms with Crippen molar-refractivity contribution in [1.29, 1.82) is 0 Å². The average Bonchev–Trinajstić information content (AvgIpc) is 2.72. The molecule has 0 bridgehead atoms. The number of thiophene rings is 1. The molecule has 1 aromatic heterocycles. The summed E-state index contributed by atoms with van der Waals surface area (Å²) in [5.41, 5.74) is 1.10. The van der Waals surface area contributed by atoms with Crippen LogP contribution in [-0.4, -0.2) is 35.6 Å². The highest BCUT2D eigenvalue weighted by Gasteiger charge is 2.17. The molecule has 0 aliphatic carbocycles. The molecule has 0 aliphatic heterocycles. The Kier molecular flexibility index (Phi) is 4.78. The molecule has 0 fully saturated rings. The molecule has 1 aromatic rings. The summed E-state index contributed by atoms with van der Waals surface area (Å²) < 4.78 is 0. The summed E-state index contributed by atoms with van der Waals surface area (Å²) in [5.74, 6) is 0.0402.